The van der Waals surface area contributed by atoms with E-state index in [1.54, 1.807) is 0 Å². The number of alkyl halides is 17. The van der Waals surface area contributed by atoms with Crippen LogP contribution < -0.4 is 0 Å². The Morgan fingerprint density at radius 1 is 0.559 bits per heavy atom. The van der Waals surface area contributed by atoms with Gasteiger partial charge in [0.25, 0.3) is 0 Å². The SMILES string of the molecule is O=C(O)C=CC=CCC(F)(F)C(F)(F)C(F)(F)C(F)(F)C(F)(F)C(F)(F)C(F)(F)C(F)(F)CF. The normalized spacial score (nSPS) is 16.0. The van der Waals surface area contributed by atoms with Crippen molar-refractivity contribution < 1.29 is 84.5 Å². The largest absolute Gasteiger partial charge is 0.478 e. The molecule has 0 fully saturated rings. The standard InChI is InChI=1S/C15H9F17O2/c16-6-9(19,20)11(23,24)13(27,28)15(31,32)14(29,30)12(25,26)10(21,22)8(17,18)5-3-1-2-4-7(33)34/h1-4H,5-6H2,(H,33,34). The second-order valence-corrected chi connectivity index (χ2v) is 6.32. The first kappa shape index (κ1) is 31.8. The minimum atomic E-state index is -8.59. The number of rotatable bonds is 12. The molecule has 0 aromatic heterocycles. The smallest absolute Gasteiger partial charge is 0.385 e. The molecule has 0 aliphatic carbocycles. The lowest BCUT2D eigenvalue weighted by molar-refractivity contribution is -0.453. The van der Waals surface area contributed by atoms with E-state index in [9.17, 15) is 79.4 Å². The second-order valence-electron chi connectivity index (χ2n) is 6.32. The van der Waals surface area contributed by atoms with Gasteiger partial charge in [-0.3, -0.25) is 0 Å². The maximum absolute atomic E-state index is 13.5. The van der Waals surface area contributed by atoms with E-state index >= 15 is 0 Å². The van der Waals surface area contributed by atoms with Crippen molar-refractivity contribution >= 4 is 5.97 Å². The van der Waals surface area contributed by atoms with Crippen molar-refractivity contribution in [3.05, 3.63) is 24.3 Å². The summed E-state index contributed by atoms with van der Waals surface area (Å²) < 4.78 is 225. The fourth-order valence-corrected chi connectivity index (χ4v) is 1.89. The number of hydrogen-bond acceptors (Lipinski definition) is 1. The Morgan fingerprint density at radius 2 is 0.882 bits per heavy atom. The van der Waals surface area contributed by atoms with Crippen LogP contribution in [0.2, 0.25) is 0 Å². The van der Waals surface area contributed by atoms with Crippen LogP contribution in [-0.4, -0.2) is 65.1 Å². The molecule has 0 bridgehead atoms. The first-order valence-corrected chi connectivity index (χ1v) is 7.87. The zero-order valence-electron chi connectivity index (χ0n) is 15.5. The Kier molecular flexibility index (Phi) is 8.49. The molecule has 1 N–H and O–H groups in total. The van der Waals surface area contributed by atoms with E-state index in [0.717, 1.165) is 0 Å². The highest BCUT2D eigenvalue weighted by atomic mass is 19.4. The highest BCUT2D eigenvalue weighted by Crippen LogP contribution is 2.64. The lowest BCUT2D eigenvalue weighted by Crippen LogP contribution is -2.74. The van der Waals surface area contributed by atoms with Crippen LogP contribution in [-0.2, 0) is 4.79 Å². The van der Waals surface area contributed by atoms with Gasteiger partial charge in [-0.05, 0) is 0 Å². The number of aliphatic carboxylic acids is 1. The summed E-state index contributed by atoms with van der Waals surface area (Å²) in [5, 5.41) is 8.14. The number of halogens is 17. The summed E-state index contributed by atoms with van der Waals surface area (Å²) in [6.45, 7) is -3.94. The van der Waals surface area contributed by atoms with E-state index in [1.807, 2.05) is 0 Å². The van der Waals surface area contributed by atoms with Crippen LogP contribution in [0.15, 0.2) is 24.3 Å². The first-order chi connectivity index (χ1) is 14.7. The van der Waals surface area contributed by atoms with Gasteiger partial charge in [-0.2, -0.15) is 70.2 Å². The van der Waals surface area contributed by atoms with Crippen molar-refractivity contribution in [2.24, 2.45) is 0 Å². The van der Waals surface area contributed by atoms with Gasteiger partial charge in [-0.15, -0.1) is 0 Å². The summed E-state index contributed by atoms with van der Waals surface area (Å²) in [5.74, 6) is -64.7. The predicted octanol–water partition coefficient (Wildman–Crippen LogP) is 6.63. The molecule has 0 aromatic carbocycles. The van der Waals surface area contributed by atoms with Crippen molar-refractivity contribution in [3.63, 3.8) is 0 Å². The molecule has 0 atom stereocenters. The molecule has 34 heavy (non-hydrogen) atoms. The van der Waals surface area contributed by atoms with E-state index in [4.69, 9.17) is 5.11 Å². The number of carbonyl (C=O) groups is 1. The van der Waals surface area contributed by atoms with E-state index in [1.165, 1.54) is 0 Å². The van der Waals surface area contributed by atoms with Crippen molar-refractivity contribution in [1.82, 2.24) is 0 Å². The Hall–Kier alpha value is -2.24. The van der Waals surface area contributed by atoms with Gasteiger partial charge in [0.15, 0.2) is 6.67 Å². The third kappa shape index (κ3) is 4.65. The summed E-state index contributed by atoms with van der Waals surface area (Å²) in [6, 6.07) is 0. The quantitative estimate of drug-likeness (QED) is 0.170. The molecule has 0 amide bonds. The molecule has 0 aliphatic heterocycles. The zero-order chi connectivity index (χ0) is 27.8. The average Bonchev–Trinajstić information content (AvgIpc) is 2.66. The van der Waals surface area contributed by atoms with Crippen molar-refractivity contribution in [1.29, 1.82) is 0 Å². The van der Waals surface area contributed by atoms with Gasteiger partial charge in [-0.1, -0.05) is 18.2 Å². The molecule has 2 nitrogen and oxygen atoms in total. The minimum Gasteiger partial charge on any atom is -0.478 e. The molecule has 0 rings (SSSR count). The zero-order valence-corrected chi connectivity index (χ0v) is 15.5. The van der Waals surface area contributed by atoms with Crippen molar-refractivity contribution in [3.8, 4) is 0 Å². The molecule has 0 spiro atoms. The Bertz CT molecular complexity index is 797. The van der Waals surface area contributed by atoms with Gasteiger partial charge in [0, 0.05) is 12.5 Å². The molecule has 200 valence electrons. The molecule has 0 radical (unpaired) electrons. The van der Waals surface area contributed by atoms with Crippen molar-refractivity contribution in [2.75, 3.05) is 6.67 Å². The Morgan fingerprint density at radius 3 is 1.21 bits per heavy atom. The van der Waals surface area contributed by atoms with Gasteiger partial charge in [0.1, 0.15) is 0 Å². The van der Waals surface area contributed by atoms with Crippen LogP contribution in [0.1, 0.15) is 6.42 Å². The number of carboxylic acid groups (broad SMARTS) is 1. The lowest BCUT2D eigenvalue weighted by Gasteiger charge is -2.43. The molecule has 19 heteroatoms. The van der Waals surface area contributed by atoms with Crippen LogP contribution in [0.3, 0.4) is 0 Å². The third-order valence-electron chi connectivity index (χ3n) is 3.92. The molecule has 0 heterocycles. The summed E-state index contributed by atoms with van der Waals surface area (Å²) in [5.41, 5.74) is 0. The number of hydrogen-bond donors (Lipinski definition) is 1. The van der Waals surface area contributed by atoms with Crippen LogP contribution in [0.25, 0.3) is 0 Å². The Labute approximate surface area is 176 Å². The van der Waals surface area contributed by atoms with Gasteiger partial charge >= 0.3 is 53.3 Å². The summed E-state index contributed by atoms with van der Waals surface area (Å²) >= 11 is 0. The third-order valence-corrected chi connectivity index (χ3v) is 3.92. The van der Waals surface area contributed by atoms with E-state index in [2.05, 4.69) is 0 Å². The second kappa shape index (κ2) is 9.09. The van der Waals surface area contributed by atoms with Crippen LogP contribution in [0.4, 0.5) is 74.6 Å². The number of carboxylic acids is 1. The van der Waals surface area contributed by atoms with Gasteiger partial charge in [0.05, 0.1) is 0 Å². The van der Waals surface area contributed by atoms with Crippen molar-refractivity contribution in [2.45, 2.75) is 53.8 Å². The molecular formula is C15H9F17O2. The fourth-order valence-electron chi connectivity index (χ4n) is 1.89. The van der Waals surface area contributed by atoms with Crippen LogP contribution in [0, 0.1) is 0 Å². The molecule has 0 unspecified atom stereocenters. The lowest BCUT2D eigenvalue weighted by atomic mass is 9.87. The monoisotopic (exact) mass is 544 g/mol. The molecular weight excluding hydrogens is 535 g/mol. The van der Waals surface area contributed by atoms with Gasteiger partial charge in [-0.25, -0.2) is 9.18 Å². The van der Waals surface area contributed by atoms with E-state index < -0.39 is 66.4 Å². The van der Waals surface area contributed by atoms with Crippen LogP contribution in [0.5, 0.6) is 0 Å². The summed E-state index contributed by atoms with van der Waals surface area (Å²) in [4.78, 5) is 10.1. The molecule has 0 aliphatic rings. The summed E-state index contributed by atoms with van der Waals surface area (Å²) in [7, 11) is 0. The van der Waals surface area contributed by atoms with E-state index in [0.29, 0.717) is 6.08 Å². The maximum Gasteiger partial charge on any atom is 0.385 e. The highest BCUT2D eigenvalue weighted by Gasteiger charge is 2.94. The fraction of sp³-hybridized carbons (Fsp3) is 0.667. The average molecular weight is 544 g/mol. The predicted molar refractivity (Wildman–Crippen MR) is 76.1 cm³/mol. The first-order valence-electron chi connectivity index (χ1n) is 7.87. The maximum atomic E-state index is 13.5. The number of allylic oxidation sites excluding steroid dienone is 3. The Balaban J connectivity index is 6.50. The minimum absolute atomic E-state index is 0.136. The molecule has 0 saturated carbocycles. The molecule has 0 saturated heterocycles. The molecule has 0 aromatic rings. The van der Waals surface area contributed by atoms with Crippen LogP contribution >= 0.6 is 0 Å². The topological polar surface area (TPSA) is 37.3 Å². The van der Waals surface area contributed by atoms with E-state index in [-0.39, 0.29) is 18.2 Å². The van der Waals surface area contributed by atoms with Gasteiger partial charge in [0.2, 0.25) is 0 Å². The highest BCUT2D eigenvalue weighted by molar-refractivity contribution is 5.80. The van der Waals surface area contributed by atoms with Gasteiger partial charge < -0.3 is 5.11 Å². The summed E-state index contributed by atoms with van der Waals surface area (Å²) in [6.07, 6.45) is -2.47.